The number of anilines is 2. The normalized spacial score (nSPS) is 13.3. The maximum absolute atomic E-state index is 14.7. The van der Waals surface area contributed by atoms with Crippen molar-refractivity contribution in [1.82, 2.24) is 19.6 Å². The zero-order valence-corrected chi connectivity index (χ0v) is 17.3. The number of hydrogen-bond acceptors (Lipinski definition) is 5. The van der Waals surface area contributed by atoms with Crippen LogP contribution in [0.15, 0.2) is 49.1 Å². The van der Waals surface area contributed by atoms with E-state index in [1.165, 1.54) is 47.9 Å². The maximum Gasteiger partial charge on any atom is 0.259 e. The van der Waals surface area contributed by atoms with Gasteiger partial charge in [0.1, 0.15) is 11.6 Å². The Bertz CT molecular complexity index is 1310. The van der Waals surface area contributed by atoms with Gasteiger partial charge in [-0.3, -0.25) is 4.79 Å². The topological polar surface area (TPSA) is 84.2 Å². The third kappa shape index (κ3) is 4.01. The Hall–Kier alpha value is -3.88. The fourth-order valence-electron chi connectivity index (χ4n) is 3.47. The Morgan fingerprint density at radius 1 is 1.16 bits per heavy atom. The molecule has 0 spiro atoms. The summed E-state index contributed by atoms with van der Waals surface area (Å²) in [4.78, 5) is 21.4. The highest BCUT2D eigenvalue weighted by Crippen LogP contribution is 2.30. The van der Waals surface area contributed by atoms with E-state index in [1.807, 2.05) is 0 Å². The van der Waals surface area contributed by atoms with Gasteiger partial charge in [-0.1, -0.05) is 0 Å². The van der Waals surface area contributed by atoms with E-state index in [4.69, 9.17) is 0 Å². The van der Waals surface area contributed by atoms with Gasteiger partial charge in [0, 0.05) is 35.8 Å². The molecule has 0 bridgehead atoms. The molecule has 0 saturated heterocycles. The molecule has 1 aliphatic carbocycles. The first kappa shape index (κ1) is 20.0. The van der Waals surface area contributed by atoms with E-state index < -0.39 is 17.5 Å². The van der Waals surface area contributed by atoms with Crippen LogP contribution in [0.1, 0.15) is 28.8 Å². The molecule has 1 amide bonds. The highest BCUT2D eigenvalue weighted by atomic mass is 19.1. The van der Waals surface area contributed by atoms with Gasteiger partial charge in [-0.15, -0.1) is 0 Å². The van der Waals surface area contributed by atoms with Crippen molar-refractivity contribution in [3.63, 3.8) is 0 Å². The van der Waals surface area contributed by atoms with Crippen LogP contribution in [0.2, 0.25) is 0 Å². The molecule has 162 valence electrons. The number of aryl methyl sites for hydroxylation is 1. The molecule has 1 fully saturated rings. The minimum Gasteiger partial charge on any atom is -0.354 e. The van der Waals surface area contributed by atoms with Gasteiger partial charge in [0.2, 0.25) is 5.95 Å². The number of fused-ring (bicyclic) bond motifs is 1. The number of benzene rings is 1. The van der Waals surface area contributed by atoms with Gasteiger partial charge in [0.05, 0.1) is 23.5 Å². The molecular formula is C23H20F2N6O. The summed E-state index contributed by atoms with van der Waals surface area (Å²) in [6.45, 7) is 2.54. The Balaban J connectivity index is 1.39. The van der Waals surface area contributed by atoms with Crippen molar-refractivity contribution in [1.29, 1.82) is 0 Å². The summed E-state index contributed by atoms with van der Waals surface area (Å²) in [5.41, 5.74) is 2.54. The van der Waals surface area contributed by atoms with Crippen LogP contribution in [0.3, 0.4) is 0 Å². The molecule has 3 heterocycles. The molecule has 2 N–H and O–H groups in total. The number of rotatable bonds is 6. The minimum atomic E-state index is -0.456. The average molecular weight is 434 g/mol. The van der Waals surface area contributed by atoms with Gasteiger partial charge in [0.15, 0.2) is 0 Å². The third-order valence-electron chi connectivity index (χ3n) is 5.50. The standard InChI is InChI=1S/C23H20F2N6O/c1-13-6-19(25)17(15-9-27-23(28-10-15)26-8-14-2-3-14)7-20(13)30-22(32)18-11-29-31-12-16(24)4-5-21(18)31/h4-7,9-12,14H,2-3,8H2,1H3,(H,30,32)(H,26,27,28). The van der Waals surface area contributed by atoms with Crippen LogP contribution in [-0.4, -0.2) is 32.0 Å². The number of carbonyl (C=O) groups excluding carboxylic acids is 1. The number of halogens is 2. The summed E-state index contributed by atoms with van der Waals surface area (Å²) >= 11 is 0. The Morgan fingerprint density at radius 2 is 1.94 bits per heavy atom. The van der Waals surface area contributed by atoms with E-state index in [-0.39, 0.29) is 11.1 Å². The second kappa shape index (κ2) is 7.99. The molecule has 32 heavy (non-hydrogen) atoms. The van der Waals surface area contributed by atoms with Crippen molar-refractivity contribution in [2.24, 2.45) is 5.92 Å². The molecular weight excluding hydrogens is 414 g/mol. The number of hydrogen-bond donors (Lipinski definition) is 2. The molecule has 0 aliphatic heterocycles. The summed E-state index contributed by atoms with van der Waals surface area (Å²) in [5, 5.41) is 9.99. The van der Waals surface area contributed by atoms with Gasteiger partial charge in [-0.05, 0) is 55.5 Å². The number of nitrogens with zero attached hydrogens (tertiary/aromatic N) is 4. The first-order valence-electron chi connectivity index (χ1n) is 10.3. The summed E-state index contributed by atoms with van der Waals surface area (Å²) in [6.07, 6.45) is 8.12. The van der Waals surface area contributed by atoms with Crippen LogP contribution in [-0.2, 0) is 0 Å². The molecule has 9 heteroatoms. The summed E-state index contributed by atoms with van der Waals surface area (Å²) in [5.74, 6) is -0.127. The largest absolute Gasteiger partial charge is 0.354 e. The van der Waals surface area contributed by atoms with Crippen molar-refractivity contribution in [2.45, 2.75) is 19.8 Å². The lowest BCUT2D eigenvalue weighted by Crippen LogP contribution is -2.13. The van der Waals surface area contributed by atoms with Crippen molar-refractivity contribution < 1.29 is 13.6 Å². The van der Waals surface area contributed by atoms with Crippen LogP contribution in [0.5, 0.6) is 0 Å². The van der Waals surface area contributed by atoms with Crippen molar-refractivity contribution >= 4 is 23.1 Å². The molecule has 1 aromatic carbocycles. The monoisotopic (exact) mass is 434 g/mol. The molecule has 1 saturated carbocycles. The minimum absolute atomic E-state index is 0.279. The summed E-state index contributed by atoms with van der Waals surface area (Å²) < 4.78 is 29.4. The van der Waals surface area contributed by atoms with Crippen LogP contribution in [0, 0.1) is 24.5 Å². The number of amides is 1. The Morgan fingerprint density at radius 3 is 2.69 bits per heavy atom. The third-order valence-corrected chi connectivity index (χ3v) is 5.50. The lowest BCUT2D eigenvalue weighted by Gasteiger charge is -2.12. The first-order valence-corrected chi connectivity index (χ1v) is 10.3. The Labute approximate surface area is 182 Å². The summed E-state index contributed by atoms with van der Waals surface area (Å²) in [7, 11) is 0. The van der Waals surface area contributed by atoms with Crippen LogP contribution in [0.25, 0.3) is 16.6 Å². The average Bonchev–Trinajstić information content (AvgIpc) is 3.52. The molecule has 7 nitrogen and oxygen atoms in total. The van der Waals surface area contributed by atoms with Crippen LogP contribution >= 0.6 is 0 Å². The van der Waals surface area contributed by atoms with Gasteiger partial charge in [0.25, 0.3) is 5.91 Å². The van der Waals surface area contributed by atoms with Gasteiger partial charge >= 0.3 is 0 Å². The van der Waals surface area contributed by atoms with Crippen LogP contribution in [0.4, 0.5) is 20.4 Å². The molecule has 0 unspecified atom stereocenters. The van der Waals surface area contributed by atoms with E-state index in [0.717, 1.165) is 6.54 Å². The number of carbonyl (C=O) groups is 1. The second-order valence-electron chi connectivity index (χ2n) is 7.96. The van der Waals surface area contributed by atoms with Gasteiger partial charge in [-0.2, -0.15) is 5.10 Å². The van der Waals surface area contributed by atoms with Crippen molar-refractivity contribution in [2.75, 3.05) is 17.2 Å². The SMILES string of the molecule is Cc1cc(F)c(-c2cnc(NCC3CC3)nc2)cc1NC(=O)c1cnn2cc(F)ccc12. The van der Waals surface area contributed by atoms with Crippen molar-refractivity contribution in [3.05, 3.63) is 71.8 Å². The predicted octanol–water partition coefficient (Wildman–Crippen LogP) is 4.45. The quantitative estimate of drug-likeness (QED) is 0.468. The molecule has 0 atom stereocenters. The van der Waals surface area contributed by atoms with E-state index in [9.17, 15) is 13.6 Å². The zero-order chi connectivity index (χ0) is 22.2. The maximum atomic E-state index is 14.7. The van der Waals surface area contributed by atoms with Gasteiger partial charge in [-0.25, -0.2) is 23.3 Å². The van der Waals surface area contributed by atoms with E-state index >= 15 is 0 Å². The molecule has 3 aromatic heterocycles. The van der Waals surface area contributed by atoms with E-state index in [2.05, 4.69) is 25.7 Å². The number of nitrogens with one attached hydrogen (secondary N) is 2. The summed E-state index contributed by atoms with van der Waals surface area (Å²) in [6, 6.07) is 5.66. The first-order chi connectivity index (χ1) is 15.5. The second-order valence-corrected chi connectivity index (χ2v) is 7.96. The van der Waals surface area contributed by atoms with E-state index in [1.54, 1.807) is 25.4 Å². The molecule has 1 aliphatic rings. The fraction of sp³-hybridized carbons (Fsp3) is 0.217. The van der Waals surface area contributed by atoms with Crippen LogP contribution < -0.4 is 10.6 Å². The lowest BCUT2D eigenvalue weighted by atomic mass is 10.0. The predicted molar refractivity (Wildman–Crippen MR) is 116 cm³/mol. The number of pyridine rings is 1. The lowest BCUT2D eigenvalue weighted by molar-refractivity contribution is 0.102. The Kier molecular flexibility index (Phi) is 5.01. The smallest absolute Gasteiger partial charge is 0.259 e. The molecule has 5 rings (SSSR count). The van der Waals surface area contributed by atoms with Gasteiger partial charge < -0.3 is 10.6 Å². The highest BCUT2D eigenvalue weighted by molar-refractivity contribution is 6.09. The van der Waals surface area contributed by atoms with Crippen molar-refractivity contribution in [3.8, 4) is 11.1 Å². The molecule has 4 aromatic rings. The van der Waals surface area contributed by atoms with E-state index in [0.29, 0.717) is 34.2 Å². The number of aromatic nitrogens is 4. The highest BCUT2D eigenvalue weighted by Gasteiger charge is 2.21. The molecule has 0 radical (unpaired) electrons. The fourth-order valence-corrected chi connectivity index (χ4v) is 3.47. The zero-order valence-electron chi connectivity index (χ0n) is 17.3.